The topological polar surface area (TPSA) is 71.1 Å². The molecule has 32 heavy (non-hydrogen) atoms. The SMILES string of the molecule is CCCNC(=O)N(CCC)CC(=O)N1CCc2sccc2C1COc1cccc(OC)c1. The summed E-state index contributed by atoms with van der Waals surface area (Å²) in [5, 5.41) is 4.96. The number of carbonyl (C=O) groups excluding carboxylic acids is 2. The molecule has 1 aromatic heterocycles. The zero-order valence-electron chi connectivity index (χ0n) is 19.1. The van der Waals surface area contributed by atoms with Crippen molar-refractivity contribution in [1.29, 1.82) is 0 Å². The number of hydrogen-bond acceptors (Lipinski definition) is 5. The van der Waals surface area contributed by atoms with Crippen LogP contribution in [0.25, 0.3) is 0 Å². The van der Waals surface area contributed by atoms with Gasteiger partial charge < -0.3 is 24.6 Å². The summed E-state index contributed by atoms with van der Waals surface area (Å²) in [6.07, 6.45) is 2.48. The van der Waals surface area contributed by atoms with Gasteiger partial charge in [-0.25, -0.2) is 4.79 Å². The number of thiophene rings is 1. The maximum Gasteiger partial charge on any atom is 0.317 e. The summed E-state index contributed by atoms with van der Waals surface area (Å²) < 4.78 is 11.4. The summed E-state index contributed by atoms with van der Waals surface area (Å²) in [6.45, 7) is 6.20. The van der Waals surface area contributed by atoms with Crippen LogP contribution in [0.5, 0.6) is 11.5 Å². The first-order chi connectivity index (χ1) is 15.6. The summed E-state index contributed by atoms with van der Waals surface area (Å²) in [4.78, 5) is 30.6. The second-order valence-electron chi connectivity index (χ2n) is 7.80. The van der Waals surface area contributed by atoms with Gasteiger partial charge in [0.1, 0.15) is 24.7 Å². The van der Waals surface area contributed by atoms with E-state index in [0.717, 1.165) is 30.6 Å². The Labute approximate surface area is 194 Å². The van der Waals surface area contributed by atoms with E-state index in [4.69, 9.17) is 9.47 Å². The molecule has 0 aliphatic carbocycles. The lowest BCUT2D eigenvalue weighted by molar-refractivity contribution is -0.135. The van der Waals surface area contributed by atoms with Crippen molar-refractivity contribution in [3.8, 4) is 11.5 Å². The minimum absolute atomic E-state index is 0.0545. The highest BCUT2D eigenvalue weighted by Crippen LogP contribution is 2.34. The summed E-state index contributed by atoms with van der Waals surface area (Å²) in [7, 11) is 1.62. The molecule has 1 aliphatic heterocycles. The summed E-state index contributed by atoms with van der Waals surface area (Å²) in [5.74, 6) is 1.37. The van der Waals surface area contributed by atoms with Gasteiger partial charge in [0.25, 0.3) is 0 Å². The van der Waals surface area contributed by atoms with Gasteiger partial charge in [0.2, 0.25) is 5.91 Å². The van der Waals surface area contributed by atoms with Crippen LogP contribution in [0, 0.1) is 0 Å². The molecule has 1 unspecified atom stereocenters. The normalized spacial score (nSPS) is 15.1. The van der Waals surface area contributed by atoms with Crippen molar-refractivity contribution in [1.82, 2.24) is 15.1 Å². The molecule has 0 spiro atoms. The van der Waals surface area contributed by atoms with Gasteiger partial charge in [-0.05, 0) is 48.4 Å². The highest BCUT2D eigenvalue weighted by Gasteiger charge is 2.33. The second-order valence-corrected chi connectivity index (χ2v) is 8.80. The third-order valence-electron chi connectivity index (χ3n) is 5.50. The zero-order chi connectivity index (χ0) is 22.9. The lowest BCUT2D eigenvalue weighted by Gasteiger charge is -2.37. The van der Waals surface area contributed by atoms with Crippen LogP contribution in [0.15, 0.2) is 35.7 Å². The van der Waals surface area contributed by atoms with E-state index >= 15 is 0 Å². The van der Waals surface area contributed by atoms with Gasteiger partial charge in [-0.3, -0.25) is 4.79 Å². The van der Waals surface area contributed by atoms with Gasteiger partial charge in [-0.15, -0.1) is 11.3 Å². The number of fused-ring (bicyclic) bond motifs is 1. The zero-order valence-corrected chi connectivity index (χ0v) is 20.0. The Morgan fingerprint density at radius 2 is 2.03 bits per heavy atom. The number of methoxy groups -OCH3 is 1. The van der Waals surface area contributed by atoms with E-state index in [1.807, 2.05) is 43.0 Å². The van der Waals surface area contributed by atoms with Crippen molar-refractivity contribution in [3.05, 3.63) is 46.2 Å². The van der Waals surface area contributed by atoms with Crippen LogP contribution in [-0.2, 0) is 11.2 Å². The van der Waals surface area contributed by atoms with E-state index < -0.39 is 0 Å². The van der Waals surface area contributed by atoms with Crippen LogP contribution in [0.1, 0.15) is 43.2 Å². The lowest BCUT2D eigenvalue weighted by Crippen LogP contribution is -2.50. The van der Waals surface area contributed by atoms with Gasteiger partial charge >= 0.3 is 6.03 Å². The number of ether oxygens (including phenoxy) is 2. The number of carbonyl (C=O) groups is 2. The maximum absolute atomic E-state index is 13.3. The van der Waals surface area contributed by atoms with Crippen molar-refractivity contribution in [3.63, 3.8) is 0 Å². The number of urea groups is 1. The Balaban J connectivity index is 1.73. The first-order valence-electron chi connectivity index (χ1n) is 11.2. The van der Waals surface area contributed by atoms with Crippen LogP contribution in [0.4, 0.5) is 4.79 Å². The molecule has 0 fully saturated rings. The monoisotopic (exact) mass is 459 g/mol. The molecule has 1 aliphatic rings. The second kappa shape index (κ2) is 11.8. The molecular formula is C24H33N3O4S. The van der Waals surface area contributed by atoms with E-state index in [1.165, 1.54) is 4.88 Å². The number of nitrogens with zero attached hydrogens (tertiary/aromatic N) is 2. The van der Waals surface area contributed by atoms with Gasteiger partial charge in [0.05, 0.1) is 13.2 Å². The molecule has 0 bridgehead atoms. The van der Waals surface area contributed by atoms with Crippen LogP contribution < -0.4 is 14.8 Å². The molecule has 1 N–H and O–H groups in total. The molecule has 2 heterocycles. The van der Waals surface area contributed by atoms with Crippen molar-refractivity contribution < 1.29 is 19.1 Å². The van der Waals surface area contributed by atoms with E-state index in [1.54, 1.807) is 23.3 Å². The number of rotatable bonds is 10. The average Bonchev–Trinajstić information content (AvgIpc) is 3.29. The molecule has 8 heteroatoms. The Morgan fingerprint density at radius 1 is 1.22 bits per heavy atom. The third-order valence-corrected chi connectivity index (χ3v) is 6.49. The van der Waals surface area contributed by atoms with Crippen molar-refractivity contribution in [2.45, 2.75) is 39.2 Å². The van der Waals surface area contributed by atoms with Crippen LogP contribution in [0.3, 0.4) is 0 Å². The van der Waals surface area contributed by atoms with Gasteiger partial charge in [0, 0.05) is 30.6 Å². The number of hydrogen-bond donors (Lipinski definition) is 1. The van der Waals surface area contributed by atoms with Gasteiger partial charge in [0.15, 0.2) is 0 Å². The Kier molecular flexibility index (Phi) is 8.79. The summed E-state index contributed by atoms with van der Waals surface area (Å²) in [6, 6.07) is 9.18. The molecule has 1 atom stereocenters. The number of nitrogens with one attached hydrogen (secondary N) is 1. The minimum atomic E-state index is -0.189. The first kappa shape index (κ1) is 23.9. The van der Waals surface area contributed by atoms with E-state index in [2.05, 4.69) is 16.8 Å². The Hall–Kier alpha value is -2.74. The van der Waals surface area contributed by atoms with E-state index in [9.17, 15) is 9.59 Å². The Bertz CT molecular complexity index is 901. The molecule has 2 aromatic rings. The fraction of sp³-hybridized carbons (Fsp3) is 0.500. The smallest absolute Gasteiger partial charge is 0.317 e. The standard InChI is InChI=1S/C24H33N3O4S/c1-4-11-25-24(29)26(12-5-2)16-23(28)27-13-9-22-20(10-14-32-22)21(27)17-31-19-8-6-7-18(15-19)30-3/h6-8,10,14-15,21H,4-5,9,11-13,16-17H2,1-3H3,(H,25,29). The quantitative estimate of drug-likeness (QED) is 0.581. The molecule has 7 nitrogen and oxygen atoms in total. The Morgan fingerprint density at radius 3 is 2.78 bits per heavy atom. The van der Waals surface area contributed by atoms with Crippen LogP contribution >= 0.6 is 11.3 Å². The van der Waals surface area contributed by atoms with Crippen molar-refractivity contribution in [2.24, 2.45) is 0 Å². The van der Waals surface area contributed by atoms with Gasteiger partial charge in [-0.1, -0.05) is 19.9 Å². The molecule has 3 amide bonds. The lowest BCUT2D eigenvalue weighted by atomic mass is 10.0. The molecule has 174 valence electrons. The first-order valence-corrected chi connectivity index (χ1v) is 12.1. The summed E-state index contributed by atoms with van der Waals surface area (Å²) >= 11 is 1.72. The molecule has 0 radical (unpaired) electrons. The van der Waals surface area contributed by atoms with E-state index in [-0.39, 0.29) is 24.5 Å². The maximum atomic E-state index is 13.3. The molecule has 0 saturated heterocycles. The minimum Gasteiger partial charge on any atom is -0.497 e. The highest BCUT2D eigenvalue weighted by atomic mass is 32.1. The predicted octanol–water partition coefficient (Wildman–Crippen LogP) is 4.09. The fourth-order valence-electron chi connectivity index (χ4n) is 3.86. The highest BCUT2D eigenvalue weighted by molar-refractivity contribution is 7.10. The molecule has 3 rings (SSSR count). The third kappa shape index (κ3) is 5.94. The molecule has 1 aromatic carbocycles. The van der Waals surface area contributed by atoms with Gasteiger partial charge in [-0.2, -0.15) is 0 Å². The van der Waals surface area contributed by atoms with Crippen LogP contribution in [0.2, 0.25) is 0 Å². The van der Waals surface area contributed by atoms with E-state index in [0.29, 0.717) is 32.0 Å². The largest absolute Gasteiger partial charge is 0.497 e. The van der Waals surface area contributed by atoms with Crippen LogP contribution in [-0.4, -0.2) is 61.6 Å². The number of benzene rings is 1. The summed E-state index contributed by atoms with van der Waals surface area (Å²) in [5.41, 5.74) is 1.13. The van der Waals surface area contributed by atoms with Crippen molar-refractivity contribution in [2.75, 3.05) is 39.9 Å². The molecular weight excluding hydrogens is 426 g/mol. The fourth-order valence-corrected chi connectivity index (χ4v) is 4.79. The van der Waals surface area contributed by atoms with Crippen molar-refractivity contribution >= 4 is 23.3 Å². The average molecular weight is 460 g/mol. The number of amides is 3. The molecule has 0 saturated carbocycles. The predicted molar refractivity (Wildman–Crippen MR) is 127 cm³/mol.